The quantitative estimate of drug-likeness (QED) is 0.760. The monoisotopic (exact) mass is 250 g/mol. The summed E-state index contributed by atoms with van der Waals surface area (Å²) in [4.78, 5) is 14.5. The summed E-state index contributed by atoms with van der Waals surface area (Å²) in [6.07, 6.45) is 9.17. The second kappa shape index (κ2) is 6.37. The van der Waals surface area contributed by atoms with Crippen LogP contribution in [0, 0.1) is 0 Å². The molecule has 18 heavy (non-hydrogen) atoms. The fraction of sp³-hybridized carbons (Fsp3) is 0.800. The molecule has 102 valence electrons. The van der Waals surface area contributed by atoms with Crippen LogP contribution in [0.2, 0.25) is 0 Å². The highest BCUT2D eigenvalue weighted by atomic mass is 16.2. The van der Waals surface area contributed by atoms with E-state index >= 15 is 0 Å². The van der Waals surface area contributed by atoms with E-state index in [-0.39, 0.29) is 5.91 Å². The van der Waals surface area contributed by atoms with Gasteiger partial charge in [0, 0.05) is 24.2 Å². The van der Waals surface area contributed by atoms with Crippen LogP contribution in [0.1, 0.15) is 52.4 Å². The molecule has 1 saturated heterocycles. The molecule has 1 heterocycles. The number of nitrogens with zero attached hydrogens (tertiary/aromatic N) is 1. The molecule has 1 unspecified atom stereocenters. The minimum absolute atomic E-state index is 0.256. The van der Waals surface area contributed by atoms with Crippen molar-refractivity contribution in [3.05, 3.63) is 11.6 Å². The molecule has 3 nitrogen and oxygen atoms in total. The lowest BCUT2D eigenvalue weighted by molar-refractivity contribution is -0.128. The van der Waals surface area contributed by atoms with Gasteiger partial charge in [0.15, 0.2) is 0 Å². The van der Waals surface area contributed by atoms with Crippen LogP contribution in [-0.2, 0) is 4.79 Å². The molecule has 3 heteroatoms. The van der Waals surface area contributed by atoms with E-state index in [1.807, 2.05) is 13.0 Å². The summed E-state index contributed by atoms with van der Waals surface area (Å²) in [5.74, 6) is 0.256. The van der Waals surface area contributed by atoms with Gasteiger partial charge in [-0.3, -0.25) is 4.79 Å². The van der Waals surface area contributed by atoms with Gasteiger partial charge in [-0.1, -0.05) is 19.4 Å². The van der Waals surface area contributed by atoms with Gasteiger partial charge in [0.25, 0.3) is 0 Å². The van der Waals surface area contributed by atoms with Gasteiger partial charge in [0.05, 0.1) is 0 Å². The topological polar surface area (TPSA) is 32.3 Å². The highest BCUT2D eigenvalue weighted by Gasteiger charge is 2.34. The maximum Gasteiger partial charge on any atom is 0.249 e. The summed E-state index contributed by atoms with van der Waals surface area (Å²) >= 11 is 0. The van der Waals surface area contributed by atoms with Crippen molar-refractivity contribution in [2.75, 3.05) is 13.1 Å². The number of nitrogens with one attached hydrogen (secondary N) is 1. The standard InChI is InChI=1S/C15H26N2O/c1-3-6-12(2)15(18)17(14-8-9-14)11-13-7-4-5-10-16-13/h6,13-14,16H,3-5,7-11H2,1-2H3/b12-6-. The average Bonchev–Trinajstić information content (AvgIpc) is 3.21. The number of rotatable bonds is 5. The highest BCUT2D eigenvalue weighted by molar-refractivity contribution is 5.93. The Bertz CT molecular complexity index is 314. The van der Waals surface area contributed by atoms with Gasteiger partial charge in [0.1, 0.15) is 0 Å². The smallest absolute Gasteiger partial charge is 0.249 e. The van der Waals surface area contributed by atoms with Crippen LogP contribution >= 0.6 is 0 Å². The Balaban J connectivity index is 1.94. The third-order valence-electron chi connectivity index (χ3n) is 3.93. The molecule has 2 fully saturated rings. The summed E-state index contributed by atoms with van der Waals surface area (Å²) < 4.78 is 0. The van der Waals surface area contributed by atoms with E-state index in [1.54, 1.807) is 0 Å². The van der Waals surface area contributed by atoms with Gasteiger partial charge in [-0.05, 0) is 45.6 Å². The van der Waals surface area contributed by atoms with Gasteiger partial charge < -0.3 is 10.2 Å². The molecular formula is C15H26N2O. The first kappa shape index (κ1) is 13.6. The largest absolute Gasteiger partial charge is 0.334 e. The molecule has 0 radical (unpaired) electrons. The Morgan fingerprint density at radius 2 is 2.11 bits per heavy atom. The Morgan fingerprint density at radius 1 is 1.33 bits per heavy atom. The first-order chi connectivity index (χ1) is 8.72. The van der Waals surface area contributed by atoms with Gasteiger partial charge in [0.2, 0.25) is 5.91 Å². The minimum atomic E-state index is 0.256. The van der Waals surface area contributed by atoms with Crippen molar-refractivity contribution >= 4 is 5.91 Å². The van der Waals surface area contributed by atoms with E-state index < -0.39 is 0 Å². The number of hydrogen-bond acceptors (Lipinski definition) is 2. The van der Waals surface area contributed by atoms with E-state index in [1.165, 1.54) is 32.1 Å². The predicted octanol–water partition coefficient (Wildman–Crippen LogP) is 2.48. The van der Waals surface area contributed by atoms with Crippen molar-refractivity contribution in [2.45, 2.75) is 64.5 Å². The molecular weight excluding hydrogens is 224 g/mol. The molecule has 1 atom stereocenters. The second-order valence-corrected chi connectivity index (χ2v) is 5.63. The number of amides is 1. The summed E-state index contributed by atoms with van der Waals surface area (Å²) in [7, 11) is 0. The van der Waals surface area contributed by atoms with Gasteiger partial charge in [-0.15, -0.1) is 0 Å². The van der Waals surface area contributed by atoms with Crippen LogP contribution in [0.4, 0.5) is 0 Å². The maximum atomic E-state index is 12.4. The molecule has 0 spiro atoms. The van der Waals surface area contributed by atoms with Gasteiger partial charge in [-0.2, -0.15) is 0 Å². The Hall–Kier alpha value is -0.830. The lowest BCUT2D eigenvalue weighted by atomic mass is 10.0. The van der Waals surface area contributed by atoms with Crippen LogP contribution in [0.5, 0.6) is 0 Å². The third-order valence-corrected chi connectivity index (χ3v) is 3.93. The number of carbonyl (C=O) groups is 1. The number of hydrogen-bond donors (Lipinski definition) is 1. The van der Waals surface area contributed by atoms with Crippen molar-refractivity contribution in [3.8, 4) is 0 Å². The predicted molar refractivity (Wildman–Crippen MR) is 74.4 cm³/mol. The second-order valence-electron chi connectivity index (χ2n) is 5.63. The molecule has 0 bridgehead atoms. The Kier molecular flexibility index (Phi) is 4.81. The van der Waals surface area contributed by atoms with Crippen LogP contribution in [0.25, 0.3) is 0 Å². The fourth-order valence-corrected chi connectivity index (χ4v) is 2.72. The van der Waals surface area contributed by atoms with Crippen LogP contribution < -0.4 is 5.32 Å². The highest BCUT2D eigenvalue weighted by Crippen LogP contribution is 2.29. The van der Waals surface area contributed by atoms with Crippen LogP contribution in [0.3, 0.4) is 0 Å². The number of piperidine rings is 1. The zero-order valence-electron chi connectivity index (χ0n) is 11.7. The molecule has 1 N–H and O–H groups in total. The molecule has 0 aromatic heterocycles. The van der Waals surface area contributed by atoms with Gasteiger partial charge >= 0.3 is 0 Å². The van der Waals surface area contributed by atoms with Crippen molar-refractivity contribution in [1.29, 1.82) is 0 Å². The lowest BCUT2D eigenvalue weighted by Crippen LogP contribution is -2.46. The number of carbonyl (C=O) groups excluding carboxylic acids is 1. The first-order valence-electron chi connectivity index (χ1n) is 7.43. The van der Waals surface area contributed by atoms with Gasteiger partial charge in [-0.25, -0.2) is 0 Å². The fourth-order valence-electron chi connectivity index (χ4n) is 2.72. The normalized spacial score (nSPS) is 25.0. The summed E-state index contributed by atoms with van der Waals surface area (Å²) in [6, 6.07) is 1.03. The third kappa shape index (κ3) is 3.58. The summed E-state index contributed by atoms with van der Waals surface area (Å²) in [5, 5.41) is 3.54. The minimum Gasteiger partial charge on any atom is -0.334 e. The van der Waals surface area contributed by atoms with Crippen molar-refractivity contribution in [1.82, 2.24) is 10.2 Å². The molecule has 0 aromatic carbocycles. The molecule has 1 aliphatic heterocycles. The van der Waals surface area contributed by atoms with Crippen molar-refractivity contribution in [3.63, 3.8) is 0 Å². The SMILES string of the molecule is CC/C=C(/C)C(=O)N(CC1CCCCN1)C1CC1. The molecule has 1 aliphatic carbocycles. The molecule has 0 aromatic rings. The average molecular weight is 250 g/mol. The zero-order chi connectivity index (χ0) is 13.0. The lowest BCUT2D eigenvalue weighted by Gasteiger charge is -2.31. The van der Waals surface area contributed by atoms with Crippen LogP contribution in [-0.4, -0.2) is 36.0 Å². The van der Waals surface area contributed by atoms with Crippen molar-refractivity contribution in [2.24, 2.45) is 0 Å². The maximum absolute atomic E-state index is 12.4. The van der Waals surface area contributed by atoms with Crippen molar-refractivity contribution < 1.29 is 4.79 Å². The van der Waals surface area contributed by atoms with E-state index in [0.717, 1.165) is 25.1 Å². The number of allylic oxidation sites excluding steroid dienone is 1. The zero-order valence-corrected chi connectivity index (χ0v) is 11.7. The Labute approximate surface area is 111 Å². The first-order valence-corrected chi connectivity index (χ1v) is 7.43. The Morgan fingerprint density at radius 3 is 2.67 bits per heavy atom. The molecule has 1 saturated carbocycles. The van der Waals surface area contributed by atoms with E-state index in [4.69, 9.17) is 0 Å². The molecule has 1 amide bonds. The van der Waals surface area contributed by atoms with E-state index in [9.17, 15) is 4.79 Å². The van der Waals surface area contributed by atoms with E-state index in [0.29, 0.717) is 12.1 Å². The summed E-state index contributed by atoms with van der Waals surface area (Å²) in [5.41, 5.74) is 0.917. The van der Waals surface area contributed by atoms with Crippen LogP contribution in [0.15, 0.2) is 11.6 Å². The summed E-state index contributed by atoms with van der Waals surface area (Å²) in [6.45, 7) is 6.05. The molecule has 2 aliphatic rings. The van der Waals surface area contributed by atoms with E-state index in [2.05, 4.69) is 17.1 Å². The molecule has 2 rings (SSSR count).